The number of benzene rings is 1. The van der Waals surface area contributed by atoms with Gasteiger partial charge in [0.25, 0.3) is 5.91 Å². The number of aromatic amines is 1. The molecule has 0 fully saturated rings. The molecule has 18 heavy (non-hydrogen) atoms. The van der Waals surface area contributed by atoms with E-state index in [1.807, 2.05) is 0 Å². The van der Waals surface area contributed by atoms with Crippen LogP contribution in [0, 0.1) is 5.82 Å². The third kappa shape index (κ3) is 2.34. The number of halogens is 1. The summed E-state index contributed by atoms with van der Waals surface area (Å²) < 4.78 is 12.9. The maximum Gasteiger partial charge on any atom is 0.337 e. The minimum atomic E-state index is -1.32. The van der Waals surface area contributed by atoms with Gasteiger partial charge >= 0.3 is 5.97 Å². The Morgan fingerprint density at radius 2 is 2.17 bits per heavy atom. The molecule has 0 radical (unpaired) electrons. The zero-order valence-electron chi connectivity index (χ0n) is 8.98. The van der Waals surface area contributed by atoms with Gasteiger partial charge in [-0.05, 0) is 18.2 Å². The summed E-state index contributed by atoms with van der Waals surface area (Å²) in [6.07, 6.45) is 2.65. The topological polar surface area (TPSA) is 95.1 Å². The molecule has 1 aromatic carbocycles. The first-order valence-corrected chi connectivity index (χ1v) is 4.91. The summed E-state index contributed by atoms with van der Waals surface area (Å²) in [5, 5.41) is 17.3. The molecule has 0 aliphatic heterocycles. The minimum Gasteiger partial charge on any atom is -0.478 e. The van der Waals surface area contributed by atoms with Crippen LogP contribution in [0.25, 0.3) is 0 Å². The lowest BCUT2D eigenvalue weighted by Gasteiger charge is -2.07. The highest BCUT2D eigenvalue weighted by Gasteiger charge is 2.14. The molecule has 0 saturated carbocycles. The van der Waals surface area contributed by atoms with Gasteiger partial charge in [-0.2, -0.15) is 5.10 Å². The summed E-state index contributed by atoms with van der Waals surface area (Å²) in [6.45, 7) is 0. The standard InChI is InChI=1S/C11H8FN3O3/c12-7-1-2-9(8(3-7)11(17)18)15-10(16)6-4-13-14-5-6/h1-5H,(H,13,14)(H,15,16)(H,17,18). The molecule has 1 heterocycles. The Balaban J connectivity index is 2.29. The van der Waals surface area contributed by atoms with Crippen molar-refractivity contribution in [2.24, 2.45) is 0 Å². The third-order valence-electron chi connectivity index (χ3n) is 2.22. The Morgan fingerprint density at radius 1 is 1.39 bits per heavy atom. The van der Waals surface area contributed by atoms with E-state index in [4.69, 9.17) is 5.11 Å². The van der Waals surface area contributed by atoms with Crippen molar-refractivity contribution in [2.75, 3.05) is 5.32 Å². The van der Waals surface area contributed by atoms with Gasteiger partial charge in [-0.3, -0.25) is 9.89 Å². The van der Waals surface area contributed by atoms with Crippen molar-refractivity contribution in [1.29, 1.82) is 0 Å². The van der Waals surface area contributed by atoms with Gasteiger partial charge in [0.1, 0.15) is 5.82 Å². The van der Waals surface area contributed by atoms with E-state index in [0.717, 1.165) is 12.1 Å². The highest BCUT2D eigenvalue weighted by molar-refractivity contribution is 6.07. The highest BCUT2D eigenvalue weighted by Crippen LogP contribution is 2.17. The molecule has 0 spiro atoms. The number of hydrogen-bond donors (Lipinski definition) is 3. The molecule has 0 aliphatic carbocycles. The summed E-state index contributed by atoms with van der Waals surface area (Å²) in [5.74, 6) is -2.54. The number of carboxylic acids is 1. The number of nitrogens with one attached hydrogen (secondary N) is 2. The van der Waals surface area contributed by atoms with Crippen molar-refractivity contribution < 1.29 is 19.1 Å². The third-order valence-corrected chi connectivity index (χ3v) is 2.22. The number of aromatic carboxylic acids is 1. The monoisotopic (exact) mass is 249 g/mol. The van der Waals surface area contributed by atoms with Crippen LogP contribution in [0.2, 0.25) is 0 Å². The number of nitrogens with zero attached hydrogens (tertiary/aromatic N) is 1. The minimum absolute atomic E-state index is 0.0232. The first-order valence-electron chi connectivity index (χ1n) is 4.91. The molecular weight excluding hydrogens is 241 g/mol. The average molecular weight is 249 g/mol. The predicted octanol–water partition coefficient (Wildman–Crippen LogP) is 1.50. The molecular formula is C11H8FN3O3. The van der Waals surface area contributed by atoms with Gasteiger partial charge in [0.15, 0.2) is 0 Å². The number of rotatable bonds is 3. The van der Waals surface area contributed by atoms with Gasteiger partial charge in [0.05, 0.1) is 23.0 Å². The largest absolute Gasteiger partial charge is 0.478 e. The maximum atomic E-state index is 12.9. The fraction of sp³-hybridized carbons (Fsp3) is 0. The summed E-state index contributed by atoms with van der Waals surface area (Å²) in [5.41, 5.74) is -0.0439. The molecule has 1 amide bonds. The van der Waals surface area contributed by atoms with E-state index in [1.54, 1.807) is 0 Å². The number of carbonyl (C=O) groups is 2. The van der Waals surface area contributed by atoms with Crippen LogP contribution in [0.3, 0.4) is 0 Å². The van der Waals surface area contributed by atoms with Gasteiger partial charge in [0.2, 0.25) is 0 Å². The SMILES string of the molecule is O=C(Nc1ccc(F)cc1C(=O)O)c1cn[nH]c1. The van der Waals surface area contributed by atoms with Crippen molar-refractivity contribution in [3.63, 3.8) is 0 Å². The number of carboxylic acid groups (broad SMARTS) is 1. The van der Waals surface area contributed by atoms with Crippen molar-refractivity contribution >= 4 is 17.6 Å². The second-order valence-electron chi connectivity index (χ2n) is 3.44. The Hall–Kier alpha value is -2.70. The fourth-order valence-electron chi connectivity index (χ4n) is 1.37. The van der Waals surface area contributed by atoms with Gasteiger partial charge < -0.3 is 10.4 Å². The predicted molar refractivity (Wildman–Crippen MR) is 59.9 cm³/mol. The van der Waals surface area contributed by atoms with E-state index in [2.05, 4.69) is 15.5 Å². The Bertz CT molecular complexity index is 596. The van der Waals surface area contributed by atoms with Crippen molar-refractivity contribution in [1.82, 2.24) is 10.2 Å². The van der Waals surface area contributed by atoms with Gasteiger partial charge in [-0.25, -0.2) is 9.18 Å². The Kier molecular flexibility index (Phi) is 3.05. The van der Waals surface area contributed by atoms with Crippen LogP contribution < -0.4 is 5.32 Å². The smallest absolute Gasteiger partial charge is 0.337 e. The van der Waals surface area contributed by atoms with Gasteiger partial charge in [0, 0.05) is 6.20 Å². The van der Waals surface area contributed by atoms with E-state index in [1.165, 1.54) is 18.5 Å². The zero-order chi connectivity index (χ0) is 13.1. The molecule has 1 aromatic heterocycles. The van der Waals surface area contributed by atoms with Crippen LogP contribution in [0.5, 0.6) is 0 Å². The van der Waals surface area contributed by atoms with Crippen LogP contribution >= 0.6 is 0 Å². The lowest BCUT2D eigenvalue weighted by Crippen LogP contribution is -2.14. The molecule has 7 heteroatoms. The van der Waals surface area contributed by atoms with E-state index < -0.39 is 17.7 Å². The highest BCUT2D eigenvalue weighted by atomic mass is 19.1. The first-order chi connectivity index (χ1) is 8.58. The molecule has 0 atom stereocenters. The molecule has 0 aliphatic rings. The molecule has 2 rings (SSSR count). The molecule has 0 unspecified atom stereocenters. The van der Waals surface area contributed by atoms with Crippen LogP contribution in [0.4, 0.5) is 10.1 Å². The summed E-state index contributed by atoms with van der Waals surface area (Å²) in [4.78, 5) is 22.6. The lowest BCUT2D eigenvalue weighted by atomic mass is 10.1. The maximum absolute atomic E-state index is 12.9. The fourth-order valence-corrected chi connectivity index (χ4v) is 1.37. The molecule has 0 bridgehead atoms. The van der Waals surface area contributed by atoms with E-state index in [0.29, 0.717) is 0 Å². The molecule has 3 N–H and O–H groups in total. The molecule has 2 aromatic rings. The zero-order valence-corrected chi connectivity index (χ0v) is 8.98. The van der Waals surface area contributed by atoms with E-state index in [-0.39, 0.29) is 16.8 Å². The first kappa shape index (κ1) is 11.8. The van der Waals surface area contributed by atoms with Gasteiger partial charge in [-0.1, -0.05) is 0 Å². The van der Waals surface area contributed by atoms with Gasteiger partial charge in [-0.15, -0.1) is 0 Å². The second-order valence-corrected chi connectivity index (χ2v) is 3.44. The normalized spacial score (nSPS) is 10.1. The van der Waals surface area contributed by atoms with Crippen LogP contribution in [-0.2, 0) is 0 Å². The summed E-state index contributed by atoms with van der Waals surface area (Å²) >= 11 is 0. The van der Waals surface area contributed by atoms with Crippen molar-refractivity contribution in [3.05, 3.63) is 47.5 Å². The number of hydrogen-bond acceptors (Lipinski definition) is 3. The van der Waals surface area contributed by atoms with Crippen molar-refractivity contribution in [2.45, 2.75) is 0 Å². The molecule has 6 nitrogen and oxygen atoms in total. The Morgan fingerprint density at radius 3 is 2.78 bits per heavy atom. The molecule has 92 valence electrons. The lowest BCUT2D eigenvalue weighted by molar-refractivity contribution is 0.0697. The summed E-state index contributed by atoms with van der Waals surface area (Å²) in [6, 6.07) is 3.10. The van der Waals surface area contributed by atoms with Crippen molar-refractivity contribution in [3.8, 4) is 0 Å². The van der Waals surface area contributed by atoms with Crippen LogP contribution in [-0.4, -0.2) is 27.2 Å². The number of anilines is 1. The number of carbonyl (C=O) groups excluding carboxylic acids is 1. The van der Waals surface area contributed by atoms with E-state index >= 15 is 0 Å². The Labute approximate surface area is 100 Å². The number of H-pyrrole nitrogens is 1. The second kappa shape index (κ2) is 4.66. The van der Waals surface area contributed by atoms with E-state index in [9.17, 15) is 14.0 Å². The molecule has 0 saturated heterocycles. The number of amides is 1. The summed E-state index contributed by atoms with van der Waals surface area (Å²) in [7, 11) is 0. The average Bonchev–Trinajstić information content (AvgIpc) is 2.84. The van der Waals surface area contributed by atoms with Crippen LogP contribution in [0.1, 0.15) is 20.7 Å². The van der Waals surface area contributed by atoms with Crippen LogP contribution in [0.15, 0.2) is 30.6 Å². The quantitative estimate of drug-likeness (QED) is 0.768. The number of aromatic nitrogens is 2.